The molecule has 0 aliphatic rings. The number of thioether (sulfide) groups is 1. The monoisotopic (exact) mass is 317 g/mol. The molecule has 1 rings (SSSR count). The topological polar surface area (TPSA) is 83.5 Å². The lowest BCUT2D eigenvalue weighted by Gasteiger charge is -2.16. The van der Waals surface area contributed by atoms with Crippen molar-refractivity contribution in [2.24, 2.45) is 0 Å². The van der Waals surface area contributed by atoms with Crippen LogP contribution in [0.25, 0.3) is 0 Å². The largest absolute Gasteiger partial charge is 0.478 e. The Hall–Kier alpha value is -1.05. The van der Waals surface area contributed by atoms with Crippen molar-refractivity contribution < 1.29 is 18.3 Å². The third-order valence-electron chi connectivity index (χ3n) is 2.93. The van der Waals surface area contributed by atoms with E-state index in [2.05, 4.69) is 4.72 Å². The van der Waals surface area contributed by atoms with Crippen LogP contribution in [0.3, 0.4) is 0 Å². The third-order valence-corrected chi connectivity index (χ3v) is 5.48. The van der Waals surface area contributed by atoms with E-state index in [-0.39, 0.29) is 16.5 Å². The number of rotatable bonds is 6. The number of aryl methyl sites for hydroxylation is 1. The van der Waals surface area contributed by atoms with Crippen molar-refractivity contribution >= 4 is 27.8 Å². The Morgan fingerprint density at radius 2 is 2.00 bits per heavy atom. The van der Waals surface area contributed by atoms with Crippen LogP contribution in [0.4, 0.5) is 0 Å². The standard InChI is InChI=1S/C13H19NO4S2/c1-8-5-11(13(15)16)6-12(10(8)3)20(17,18)14-9(2)7-19-4/h5-6,9,14H,7H2,1-4H3,(H,15,16). The Balaban J connectivity index is 3.27. The van der Waals surface area contributed by atoms with Gasteiger partial charge in [-0.1, -0.05) is 0 Å². The number of nitrogens with one attached hydrogen (secondary N) is 1. The van der Waals surface area contributed by atoms with Crippen molar-refractivity contribution in [3.05, 3.63) is 28.8 Å². The molecule has 2 N–H and O–H groups in total. The Kier molecular flexibility index (Phi) is 5.61. The highest BCUT2D eigenvalue weighted by Crippen LogP contribution is 2.21. The molecule has 20 heavy (non-hydrogen) atoms. The van der Waals surface area contributed by atoms with Gasteiger partial charge in [0.1, 0.15) is 0 Å². The van der Waals surface area contributed by atoms with Gasteiger partial charge in [0.2, 0.25) is 10.0 Å². The van der Waals surface area contributed by atoms with Crippen LogP contribution in [-0.2, 0) is 10.0 Å². The summed E-state index contributed by atoms with van der Waals surface area (Å²) in [6, 6.07) is 2.46. The van der Waals surface area contributed by atoms with Crippen LogP contribution in [0, 0.1) is 13.8 Å². The number of hydrogen-bond donors (Lipinski definition) is 2. The normalized spacial score (nSPS) is 13.2. The van der Waals surface area contributed by atoms with E-state index in [9.17, 15) is 13.2 Å². The summed E-state index contributed by atoms with van der Waals surface area (Å²) < 4.78 is 27.3. The predicted molar refractivity (Wildman–Crippen MR) is 81.0 cm³/mol. The number of sulfonamides is 1. The van der Waals surface area contributed by atoms with Crippen molar-refractivity contribution in [2.45, 2.75) is 31.7 Å². The number of benzene rings is 1. The van der Waals surface area contributed by atoms with Crippen LogP contribution in [0.1, 0.15) is 28.4 Å². The van der Waals surface area contributed by atoms with Gasteiger partial charge in [-0.05, 0) is 50.3 Å². The average molecular weight is 317 g/mol. The summed E-state index contributed by atoms with van der Waals surface area (Å²) in [5, 5.41) is 9.04. The van der Waals surface area contributed by atoms with Gasteiger partial charge in [-0.2, -0.15) is 11.8 Å². The van der Waals surface area contributed by atoms with Gasteiger partial charge >= 0.3 is 5.97 Å². The van der Waals surface area contributed by atoms with Gasteiger partial charge in [0.25, 0.3) is 0 Å². The number of hydrogen-bond acceptors (Lipinski definition) is 4. The average Bonchev–Trinajstić information content (AvgIpc) is 2.31. The van der Waals surface area contributed by atoms with E-state index in [0.29, 0.717) is 16.9 Å². The second-order valence-electron chi connectivity index (χ2n) is 4.70. The zero-order valence-electron chi connectivity index (χ0n) is 11.9. The minimum Gasteiger partial charge on any atom is -0.478 e. The summed E-state index contributed by atoms with van der Waals surface area (Å²) in [5.74, 6) is -0.489. The molecule has 0 aliphatic carbocycles. The van der Waals surface area contributed by atoms with E-state index in [1.165, 1.54) is 23.9 Å². The molecule has 0 spiro atoms. The highest BCUT2D eigenvalue weighted by molar-refractivity contribution is 7.98. The molecule has 1 aromatic rings. The van der Waals surface area contributed by atoms with E-state index in [4.69, 9.17) is 5.11 Å². The smallest absolute Gasteiger partial charge is 0.335 e. The first-order valence-corrected chi connectivity index (χ1v) is 8.92. The molecule has 0 saturated carbocycles. The SMILES string of the molecule is CSCC(C)NS(=O)(=O)c1cc(C(=O)O)cc(C)c1C. The molecule has 1 atom stereocenters. The Morgan fingerprint density at radius 3 is 2.50 bits per heavy atom. The fourth-order valence-electron chi connectivity index (χ4n) is 1.84. The lowest BCUT2D eigenvalue weighted by atomic mass is 10.1. The van der Waals surface area contributed by atoms with Gasteiger partial charge in [-0.15, -0.1) is 0 Å². The van der Waals surface area contributed by atoms with E-state index >= 15 is 0 Å². The van der Waals surface area contributed by atoms with Crippen molar-refractivity contribution in [3.63, 3.8) is 0 Å². The lowest BCUT2D eigenvalue weighted by molar-refractivity contribution is 0.0696. The van der Waals surface area contributed by atoms with Gasteiger partial charge in [-0.25, -0.2) is 17.9 Å². The molecule has 112 valence electrons. The van der Waals surface area contributed by atoms with Crippen LogP contribution < -0.4 is 4.72 Å². The zero-order valence-corrected chi connectivity index (χ0v) is 13.6. The van der Waals surface area contributed by atoms with Crippen LogP contribution in [0.2, 0.25) is 0 Å². The van der Waals surface area contributed by atoms with Crippen LogP contribution >= 0.6 is 11.8 Å². The van der Waals surface area contributed by atoms with Crippen molar-refractivity contribution in [3.8, 4) is 0 Å². The Bertz CT molecular complexity index is 611. The van der Waals surface area contributed by atoms with Crippen LogP contribution in [0.5, 0.6) is 0 Å². The van der Waals surface area contributed by atoms with Crippen molar-refractivity contribution in [1.29, 1.82) is 0 Å². The molecule has 0 aromatic heterocycles. The molecule has 0 amide bonds. The van der Waals surface area contributed by atoms with E-state index in [1.807, 2.05) is 6.26 Å². The maximum atomic E-state index is 12.4. The highest BCUT2D eigenvalue weighted by atomic mass is 32.2. The van der Waals surface area contributed by atoms with Gasteiger partial charge < -0.3 is 5.11 Å². The summed E-state index contributed by atoms with van der Waals surface area (Å²) in [4.78, 5) is 11.1. The molecule has 0 radical (unpaired) electrons. The summed E-state index contributed by atoms with van der Waals surface area (Å²) >= 11 is 1.54. The summed E-state index contributed by atoms with van der Waals surface area (Å²) in [6.07, 6.45) is 1.89. The Labute approximate surface area is 123 Å². The second kappa shape index (κ2) is 6.60. The van der Waals surface area contributed by atoms with Crippen molar-refractivity contribution in [2.75, 3.05) is 12.0 Å². The molecule has 7 heteroatoms. The van der Waals surface area contributed by atoms with Gasteiger partial charge in [0.15, 0.2) is 0 Å². The first kappa shape index (κ1) is 17.0. The number of carboxylic acids is 1. The molecule has 0 fully saturated rings. The first-order chi connectivity index (χ1) is 9.19. The molecule has 0 saturated heterocycles. The second-order valence-corrected chi connectivity index (χ2v) is 7.29. The quantitative estimate of drug-likeness (QED) is 0.839. The maximum absolute atomic E-state index is 12.4. The van der Waals surface area contributed by atoms with Crippen molar-refractivity contribution in [1.82, 2.24) is 4.72 Å². The first-order valence-electron chi connectivity index (χ1n) is 6.05. The number of carboxylic acid groups (broad SMARTS) is 1. The number of carbonyl (C=O) groups is 1. The molecule has 0 aliphatic heterocycles. The summed E-state index contributed by atoms with van der Waals surface area (Å²) in [5.41, 5.74) is 1.19. The molecule has 0 heterocycles. The molecular formula is C13H19NO4S2. The minimum absolute atomic E-state index is 0.0222. The zero-order chi connectivity index (χ0) is 15.5. The third kappa shape index (κ3) is 3.97. The van der Waals surface area contributed by atoms with Crippen LogP contribution in [-0.4, -0.2) is 37.5 Å². The predicted octanol–water partition coefficient (Wildman–Crippen LogP) is 2.03. The van der Waals surface area contributed by atoms with E-state index in [0.717, 1.165) is 0 Å². The van der Waals surface area contributed by atoms with Gasteiger partial charge in [0.05, 0.1) is 10.5 Å². The maximum Gasteiger partial charge on any atom is 0.335 e. The fraction of sp³-hybridized carbons (Fsp3) is 0.462. The molecular weight excluding hydrogens is 298 g/mol. The molecule has 1 unspecified atom stereocenters. The van der Waals surface area contributed by atoms with E-state index < -0.39 is 16.0 Å². The summed E-state index contributed by atoms with van der Waals surface area (Å²) in [7, 11) is -3.72. The van der Waals surface area contributed by atoms with Gasteiger partial charge in [0, 0.05) is 11.8 Å². The van der Waals surface area contributed by atoms with E-state index in [1.54, 1.807) is 20.8 Å². The minimum atomic E-state index is -3.72. The lowest BCUT2D eigenvalue weighted by Crippen LogP contribution is -2.34. The van der Waals surface area contributed by atoms with Gasteiger partial charge in [-0.3, -0.25) is 0 Å². The number of aromatic carboxylic acids is 1. The molecule has 5 nitrogen and oxygen atoms in total. The highest BCUT2D eigenvalue weighted by Gasteiger charge is 2.22. The fourth-order valence-corrected chi connectivity index (χ4v) is 4.12. The Morgan fingerprint density at radius 1 is 1.40 bits per heavy atom. The van der Waals surface area contributed by atoms with Crippen LogP contribution in [0.15, 0.2) is 17.0 Å². The summed E-state index contributed by atoms with van der Waals surface area (Å²) in [6.45, 7) is 5.15. The molecule has 1 aromatic carbocycles. The molecule has 0 bridgehead atoms.